The number of hydrogen-bond acceptors (Lipinski definition) is 5. The first-order valence-corrected chi connectivity index (χ1v) is 14.4. The highest BCUT2D eigenvalue weighted by atomic mass is 32.2. The largest absolute Gasteiger partial charge is 0.326 e. The number of aryl methyl sites for hydroxylation is 2. The van der Waals surface area contributed by atoms with Crippen molar-refractivity contribution in [3.63, 3.8) is 0 Å². The molecule has 2 fully saturated rings. The van der Waals surface area contributed by atoms with Crippen LogP contribution in [0.15, 0.2) is 57.8 Å². The highest BCUT2D eigenvalue weighted by molar-refractivity contribution is 8.16. The van der Waals surface area contributed by atoms with E-state index in [0.29, 0.717) is 5.69 Å². The summed E-state index contributed by atoms with van der Waals surface area (Å²) in [6.07, 6.45) is 5.43. The summed E-state index contributed by atoms with van der Waals surface area (Å²) in [4.78, 5) is 27.8. The number of amides is 2. The number of nitrogens with zero attached hydrogens (tertiary/aromatic N) is 2. The molecule has 35 heavy (non-hydrogen) atoms. The van der Waals surface area contributed by atoms with E-state index >= 15 is 0 Å². The predicted octanol–water partition coefficient (Wildman–Crippen LogP) is 4.91. The standard InChI is InChI=1S/C26H31N3O4S2/c1-3-19-13-15-21(16-14-19)35(32,33)28-26-29(20-10-5-4-6-11-20)25(31)23(34-26)17-24(30)27-22-12-8-7-9-18(22)2/h7-9,12-16,20,23H,3-6,10-11,17H2,1-2H3,(H,27,30)/b28-26+. The van der Waals surface area contributed by atoms with Crippen LogP contribution < -0.4 is 5.32 Å². The Morgan fingerprint density at radius 1 is 1.09 bits per heavy atom. The molecule has 0 bridgehead atoms. The molecule has 2 aromatic rings. The van der Waals surface area contributed by atoms with Gasteiger partial charge in [-0.2, -0.15) is 8.42 Å². The number of amidine groups is 1. The normalized spacial score (nSPS) is 20.4. The van der Waals surface area contributed by atoms with Crippen LogP contribution in [0.25, 0.3) is 0 Å². The van der Waals surface area contributed by atoms with E-state index in [1.54, 1.807) is 29.2 Å². The molecule has 0 radical (unpaired) electrons. The molecule has 2 aliphatic rings. The number of carbonyl (C=O) groups is 2. The maximum absolute atomic E-state index is 13.4. The van der Waals surface area contributed by atoms with E-state index in [9.17, 15) is 18.0 Å². The van der Waals surface area contributed by atoms with Crippen molar-refractivity contribution in [2.45, 2.75) is 75.0 Å². The molecule has 1 saturated heterocycles. The van der Waals surface area contributed by atoms with E-state index in [-0.39, 0.29) is 34.3 Å². The summed E-state index contributed by atoms with van der Waals surface area (Å²) in [5.41, 5.74) is 2.66. The van der Waals surface area contributed by atoms with Crippen molar-refractivity contribution in [1.29, 1.82) is 0 Å². The molecule has 186 valence electrons. The summed E-state index contributed by atoms with van der Waals surface area (Å²) in [5.74, 6) is -0.523. The third-order valence-electron chi connectivity index (χ3n) is 6.52. The van der Waals surface area contributed by atoms with Crippen LogP contribution in [0.1, 0.15) is 56.6 Å². The second-order valence-corrected chi connectivity index (χ2v) is 11.8. The van der Waals surface area contributed by atoms with Crippen LogP contribution in [0, 0.1) is 6.92 Å². The molecule has 1 unspecified atom stereocenters. The van der Waals surface area contributed by atoms with Gasteiger partial charge in [-0.3, -0.25) is 14.5 Å². The minimum absolute atomic E-state index is 0.0503. The molecule has 9 heteroatoms. The number of sulfonamides is 1. The molecule has 1 aliphatic carbocycles. The zero-order chi connectivity index (χ0) is 25.0. The second kappa shape index (κ2) is 11.0. The Kier molecular flexibility index (Phi) is 7.96. The van der Waals surface area contributed by atoms with E-state index < -0.39 is 15.3 Å². The molecule has 1 heterocycles. The lowest BCUT2D eigenvalue weighted by Gasteiger charge is -2.30. The van der Waals surface area contributed by atoms with Gasteiger partial charge in [0.2, 0.25) is 11.8 Å². The third-order valence-corrected chi connectivity index (χ3v) is 9.07. The Hall–Kier alpha value is -2.65. The number of rotatable bonds is 7. The molecule has 1 aliphatic heterocycles. The highest BCUT2D eigenvalue weighted by Gasteiger charge is 2.43. The molecule has 0 spiro atoms. The lowest BCUT2D eigenvalue weighted by Crippen LogP contribution is -2.42. The SMILES string of the molecule is CCc1ccc(S(=O)(=O)/N=C2/SC(CC(=O)Nc3ccccc3C)C(=O)N2C2CCCCC2)cc1. The van der Waals surface area contributed by atoms with Gasteiger partial charge in [-0.1, -0.05) is 68.3 Å². The van der Waals surface area contributed by atoms with E-state index in [0.717, 1.165) is 61.4 Å². The van der Waals surface area contributed by atoms with Crippen LogP contribution in [0.2, 0.25) is 0 Å². The van der Waals surface area contributed by atoms with Gasteiger partial charge in [0.05, 0.1) is 4.90 Å². The van der Waals surface area contributed by atoms with Crippen molar-refractivity contribution in [2.75, 3.05) is 5.32 Å². The summed E-state index contributed by atoms with van der Waals surface area (Å²) in [6.45, 7) is 3.90. The van der Waals surface area contributed by atoms with Crippen molar-refractivity contribution in [1.82, 2.24) is 4.90 Å². The maximum atomic E-state index is 13.4. The predicted molar refractivity (Wildman–Crippen MR) is 140 cm³/mol. The number of benzene rings is 2. The van der Waals surface area contributed by atoms with E-state index in [2.05, 4.69) is 9.71 Å². The van der Waals surface area contributed by atoms with Crippen molar-refractivity contribution >= 4 is 44.5 Å². The molecule has 0 aromatic heterocycles. The van der Waals surface area contributed by atoms with Crippen molar-refractivity contribution < 1.29 is 18.0 Å². The van der Waals surface area contributed by atoms with Crippen LogP contribution in [-0.2, 0) is 26.0 Å². The van der Waals surface area contributed by atoms with Gasteiger partial charge in [0.15, 0.2) is 5.17 Å². The molecule has 1 saturated carbocycles. The van der Waals surface area contributed by atoms with Gasteiger partial charge in [0.25, 0.3) is 10.0 Å². The topological polar surface area (TPSA) is 95.9 Å². The van der Waals surface area contributed by atoms with Crippen molar-refractivity contribution in [3.05, 3.63) is 59.7 Å². The molecule has 4 rings (SSSR count). The molecule has 1 atom stereocenters. The number of para-hydroxylation sites is 1. The Labute approximate surface area is 211 Å². The minimum Gasteiger partial charge on any atom is -0.326 e. The average Bonchev–Trinajstić information content (AvgIpc) is 3.14. The molecular weight excluding hydrogens is 482 g/mol. The van der Waals surface area contributed by atoms with Gasteiger partial charge >= 0.3 is 0 Å². The number of thioether (sulfide) groups is 1. The van der Waals surface area contributed by atoms with Crippen LogP contribution in [-0.4, -0.2) is 41.6 Å². The summed E-state index contributed by atoms with van der Waals surface area (Å²) in [6, 6.07) is 14.0. The van der Waals surface area contributed by atoms with E-state index in [1.165, 1.54) is 0 Å². The third kappa shape index (κ3) is 5.95. The van der Waals surface area contributed by atoms with Crippen LogP contribution >= 0.6 is 11.8 Å². The Balaban J connectivity index is 1.58. The van der Waals surface area contributed by atoms with Gasteiger partial charge < -0.3 is 5.32 Å². The van der Waals surface area contributed by atoms with Gasteiger partial charge in [0.1, 0.15) is 5.25 Å². The van der Waals surface area contributed by atoms with Crippen LogP contribution in [0.5, 0.6) is 0 Å². The Morgan fingerprint density at radius 3 is 2.43 bits per heavy atom. The van der Waals surface area contributed by atoms with Crippen molar-refractivity contribution in [2.24, 2.45) is 4.40 Å². The summed E-state index contributed by atoms with van der Waals surface area (Å²) in [5, 5.41) is 2.34. The molecule has 2 amide bonds. The number of anilines is 1. The zero-order valence-electron chi connectivity index (χ0n) is 20.1. The van der Waals surface area contributed by atoms with Gasteiger partial charge in [0, 0.05) is 18.2 Å². The van der Waals surface area contributed by atoms with Crippen molar-refractivity contribution in [3.8, 4) is 0 Å². The fourth-order valence-corrected chi connectivity index (χ4v) is 6.89. The first-order chi connectivity index (χ1) is 16.8. The zero-order valence-corrected chi connectivity index (χ0v) is 21.7. The summed E-state index contributed by atoms with van der Waals surface area (Å²) in [7, 11) is -4.00. The van der Waals surface area contributed by atoms with Gasteiger partial charge in [-0.15, -0.1) is 4.40 Å². The average molecular weight is 514 g/mol. The van der Waals surface area contributed by atoms with Gasteiger partial charge in [-0.25, -0.2) is 0 Å². The van der Waals surface area contributed by atoms with E-state index in [4.69, 9.17) is 0 Å². The molecule has 2 aromatic carbocycles. The quantitative estimate of drug-likeness (QED) is 0.568. The second-order valence-electron chi connectivity index (χ2n) is 9.02. The summed E-state index contributed by atoms with van der Waals surface area (Å²) < 4.78 is 30.3. The minimum atomic E-state index is -4.00. The maximum Gasteiger partial charge on any atom is 0.284 e. The number of nitrogens with one attached hydrogen (secondary N) is 1. The summed E-state index contributed by atoms with van der Waals surface area (Å²) >= 11 is 1.08. The first kappa shape index (κ1) is 25.4. The Bertz CT molecular complexity index is 1220. The number of hydrogen-bond donors (Lipinski definition) is 1. The lowest BCUT2D eigenvalue weighted by molar-refractivity contribution is -0.130. The first-order valence-electron chi connectivity index (χ1n) is 12.1. The molecule has 7 nitrogen and oxygen atoms in total. The Morgan fingerprint density at radius 2 is 1.77 bits per heavy atom. The number of carbonyl (C=O) groups excluding carboxylic acids is 2. The van der Waals surface area contributed by atoms with Crippen LogP contribution in [0.3, 0.4) is 0 Å². The lowest BCUT2D eigenvalue weighted by atomic mass is 9.94. The van der Waals surface area contributed by atoms with Gasteiger partial charge in [-0.05, 0) is 55.5 Å². The van der Waals surface area contributed by atoms with Crippen LogP contribution in [0.4, 0.5) is 5.69 Å². The van der Waals surface area contributed by atoms with E-state index in [1.807, 2.05) is 38.1 Å². The molecular formula is C26H31N3O4S2. The fourth-order valence-electron chi connectivity index (χ4n) is 4.49. The smallest absolute Gasteiger partial charge is 0.284 e. The monoisotopic (exact) mass is 513 g/mol. The molecule has 1 N–H and O–H groups in total. The highest BCUT2D eigenvalue weighted by Crippen LogP contribution is 2.36. The fraction of sp³-hybridized carbons (Fsp3) is 0.423.